The van der Waals surface area contributed by atoms with Gasteiger partial charge in [0.25, 0.3) is 17.5 Å². The van der Waals surface area contributed by atoms with Crippen molar-refractivity contribution < 1.29 is 18.5 Å². The lowest BCUT2D eigenvalue weighted by atomic mass is 10.0. The number of amides is 2. The van der Waals surface area contributed by atoms with Gasteiger partial charge in [0.2, 0.25) is 0 Å². The SMILES string of the molecule is Cc1noc2nc(C(C)C)cc(C(=O)NC3CCN(C(=O)c4ccco4)CC3)c12. The third-order valence-electron chi connectivity index (χ3n) is 5.32. The summed E-state index contributed by atoms with van der Waals surface area (Å²) >= 11 is 0. The van der Waals surface area contributed by atoms with Gasteiger partial charge in [0.15, 0.2) is 5.76 Å². The number of pyridine rings is 1. The van der Waals surface area contributed by atoms with Crippen LogP contribution in [0.4, 0.5) is 0 Å². The lowest BCUT2D eigenvalue weighted by Gasteiger charge is -2.32. The quantitative estimate of drug-likeness (QED) is 0.726. The van der Waals surface area contributed by atoms with Crippen molar-refractivity contribution in [2.24, 2.45) is 0 Å². The zero-order valence-electron chi connectivity index (χ0n) is 16.8. The van der Waals surface area contributed by atoms with Crippen LogP contribution in [0.3, 0.4) is 0 Å². The van der Waals surface area contributed by atoms with E-state index < -0.39 is 0 Å². The van der Waals surface area contributed by atoms with E-state index in [0.29, 0.717) is 54.0 Å². The van der Waals surface area contributed by atoms with E-state index in [2.05, 4.69) is 15.5 Å². The van der Waals surface area contributed by atoms with Crippen LogP contribution >= 0.6 is 0 Å². The van der Waals surface area contributed by atoms with Crippen LogP contribution in [0.1, 0.15) is 64.9 Å². The highest BCUT2D eigenvalue weighted by Crippen LogP contribution is 2.25. The van der Waals surface area contributed by atoms with E-state index in [-0.39, 0.29) is 23.8 Å². The summed E-state index contributed by atoms with van der Waals surface area (Å²) in [5.74, 6) is 0.224. The van der Waals surface area contributed by atoms with Gasteiger partial charge in [0.1, 0.15) is 0 Å². The zero-order valence-corrected chi connectivity index (χ0v) is 16.8. The Labute approximate surface area is 168 Å². The number of nitrogens with one attached hydrogen (secondary N) is 1. The van der Waals surface area contributed by atoms with Crippen LogP contribution in [-0.4, -0.2) is 46.0 Å². The molecule has 1 fully saturated rings. The van der Waals surface area contributed by atoms with E-state index in [9.17, 15) is 9.59 Å². The smallest absolute Gasteiger partial charge is 0.289 e. The minimum atomic E-state index is -0.165. The average Bonchev–Trinajstić information content (AvgIpc) is 3.38. The number of carbonyl (C=O) groups is 2. The molecular formula is C21H24N4O4. The molecule has 8 nitrogen and oxygen atoms in total. The van der Waals surface area contributed by atoms with Crippen LogP contribution < -0.4 is 5.32 Å². The summed E-state index contributed by atoms with van der Waals surface area (Å²) in [6.45, 7) is 6.98. The Balaban J connectivity index is 1.46. The summed E-state index contributed by atoms with van der Waals surface area (Å²) in [5.41, 5.74) is 2.36. The van der Waals surface area contributed by atoms with Crippen molar-refractivity contribution in [3.8, 4) is 0 Å². The van der Waals surface area contributed by atoms with Gasteiger partial charge in [-0.3, -0.25) is 9.59 Å². The molecule has 4 heterocycles. The molecule has 29 heavy (non-hydrogen) atoms. The van der Waals surface area contributed by atoms with E-state index in [4.69, 9.17) is 8.94 Å². The molecule has 152 valence electrons. The van der Waals surface area contributed by atoms with Gasteiger partial charge in [-0.1, -0.05) is 19.0 Å². The Morgan fingerprint density at radius 2 is 2.03 bits per heavy atom. The van der Waals surface area contributed by atoms with Crippen molar-refractivity contribution in [1.82, 2.24) is 20.4 Å². The van der Waals surface area contributed by atoms with Crippen LogP contribution in [0, 0.1) is 6.92 Å². The van der Waals surface area contributed by atoms with Gasteiger partial charge in [-0.25, -0.2) is 4.98 Å². The van der Waals surface area contributed by atoms with Crippen molar-refractivity contribution in [2.75, 3.05) is 13.1 Å². The molecule has 1 saturated heterocycles. The predicted octanol–water partition coefficient (Wildman–Crippen LogP) is 3.28. The number of carbonyl (C=O) groups excluding carboxylic acids is 2. The summed E-state index contributed by atoms with van der Waals surface area (Å²) in [6.07, 6.45) is 2.87. The Bertz CT molecular complexity index is 1030. The van der Waals surface area contributed by atoms with Crippen molar-refractivity contribution >= 4 is 22.9 Å². The molecule has 1 N–H and O–H groups in total. The monoisotopic (exact) mass is 396 g/mol. The first kappa shape index (κ1) is 19.2. The number of likely N-dealkylation sites (tertiary alicyclic amines) is 1. The number of nitrogens with zero attached hydrogens (tertiary/aromatic N) is 3. The summed E-state index contributed by atoms with van der Waals surface area (Å²) in [4.78, 5) is 31.7. The topological polar surface area (TPSA) is 101 Å². The fourth-order valence-corrected chi connectivity index (χ4v) is 3.63. The second-order valence-electron chi connectivity index (χ2n) is 7.71. The summed E-state index contributed by atoms with van der Waals surface area (Å²) in [5, 5.41) is 7.73. The minimum absolute atomic E-state index is 0.00553. The molecule has 0 atom stereocenters. The molecule has 0 saturated carbocycles. The maximum atomic E-state index is 13.1. The molecule has 0 unspecified atom stereocenters. The predicted molar refractivity (Wildman–Crippen MR) is 106 cm³/mol. The highest BCUT2D eigenvalue weighted by Gasteiger charge is 2.27. The van der Waals surface area contributed by atoms with Gasteiger partial charge in [0.05, 0.1) is 22.9 Å². The average molecular weight is 396 g/mol. The van der Waals surface area contributed by atoms with Gasteiger partial charge >= 0.3 is 0 Å². The third-order valence-corrected chi connectivity index (χ3v) is 5.32. The molecule has 3 aromatic heterocycles. The second kappa shape index (κ2) is 7.69. The van der Waals surface area contributed by atoms with E-state index in [1.165, 1.54) is 6.26 Å². The molecule has 1 aliphatic rings. The number of hydrogen-bond acceptors (Lipinski definition) is 6. The number of piperidine rings is 1. The van der Waals surface area contributed by atoms with E-state index in [1.807, 2.05) is 19.9 Å². The Hall–Kier alpha value is -3.16. The number of fused-ring (bicyclic) bond motifs is 1. The standard InChI is InChI=1S/C21H24N4O4/c1-12(2)16-11-15(18-13(3)24-29-20(18)23-16)19(26)22-14-6-8-25(9-7-14)21(27)17-5-4-10-28-17/h4-5,10-12,14H,6-9H2,1-3H3,(H,22,26). The summed E-state index contributed by atoms with van der Waals surface area (Å²) < 4.78 is 10.5. The van der Waals surface area contributed by atoms with Crippen molar-refractivity contribution in [1.29, 1.82) is 0 Å². The molecule has 8 heteroatoms. The lowest BCUT2D eigenvalue weighted by molar-refractivity contribution is 0.0667. The van der Waals surface area contributed by atoms with Gasteiger partial charge in [-0.15, -0.1) is 0 Å². The molecule has 0 aromatic carbocycles. The van der Waals surface area contributed by atoms with Crippen LogP contribution in [0.15, 0.2) is 33.4 Å². The minimum Gasteiger partial charge on any atom is -0.459 e. The fraction of sp³-hybridized carbons (Fsp3) is 0.429. The van der Waals surface area contributed by atoms with Crippen molar-refractivity contribution in [3.63, 3.8) is 0 Å². The van der Waals surface area contributed by atoms with Crippen LogP contribution in [0.5, 0.6) is 0 Å². The molecule has 0 aliphatic carbocycles. The first-order valence-electron chi connectivity index (χ1n) is 9.84. The van der Waals surface area contributed by atoms with Crippen molar-refractivity contribution in [2.45, 2.75) is 45.6 Å². The number of hydrogen-bond donors (Lipinski definition) is 1. The molecule has 4 rings (SSSR count). The largest absolute Gasteiger partial charge is 0.459 e. The number of aromatic nitrogens is 2. The van der Waals surface area contributed by atoms with Gasteiger partial charge in [-0.05, 0) is 43.9 Å². The lowest BCUT2D eigenvalue weighted by Crippen LogP contribution is -2.46. The van der Waals surface area contributed by atoms with Crippen LogP contribution in [0.25, 0.3) is 11.1 Å². The van der Waals surface area contributed by atoms with Gasteiger partial charge in [0, 0.05) is 24.8 Å². The molecule has 2 amide bonds. The Kier molecular flexibility index (Phi) is 5.08. The van der Waals surface area contributed by atoms with E-state index >= 15 is 0 Å². The Morgan fingerprint density at radius 1 is 1.28 bits per heavy atom. The van der Waals surface area contributed by atoms with E-state index in [0.717, 1.165) is 5.69 Å². The summed E-state index contributed by atoms with van der Waals surface area (Å²) in [7, 11) is 0. The molecule has 1 aliphatic heterocycles. The molecule has 0 radical (unpaired) electrons. The Morgan fingerprint density at radius 3 is 2.69 bits per heavy atom. The molecular weight excluding hydrogens is 372 g/mol. The summed E-state index contributed by atoms with van der Waals surface area (Å²) in [6, 6.07) is 5.18. The fourth-order valence-electron chi connectivity index (χ4n) is 3.63. The van der Waals surface area contributed by atoms with Crippen molar-refractivity contribution in [3.05, 3.63) is 47.2 Å². The van der Waals surface area contributed by atoms with Gasteiger partial charge in [-0.2, -0.15) is 0 Å². The molecule has 0 bridgehead atoms. The second-order valence-corrected chi connectivity index (χ2v) is 7.71. The number of rotatable bonds is 4. The highest BCUT2D eigenvalue weighted by atomic mass is 16.5. The molecule has 0 spiro atoms. The molecule has 3 aromatic rings. The highest BCUT2D eigenvalue weighted by molar-refractivity contribution is 6.06. The van der Waals surface area contributed by atoms with Gasteiger partial charge < -0.3 is 19.2 Å². The maximum Gasteiger partial charge on any atom is 0.289 e. The zero-order chi connectivity index (χ0) is 20.5. The number of aryl methyl sites for hydroxylation is 1. The normalized spacial score (nSPS) is 15.2. The first-order chi connectivity index (χ1) is 13.9. The third kappa shape index (κ3) is 3.74. The van der Waals surface area contributed by atoms with Crippen LogP contribution in [-0.2, 0) is 0 Å². The first-order valence-corrected chi connectivity index (χ1v) is 9.84. The maximum absolute atomic E-state index is 13.1. The number of furan rings is 1. The van der Waals surface area contributed by atoms with Crippen LogP contribution in [0.2, 0.25) is 0 Å². The van der Waals surface area contributed by atoms with E-state index in [1.54, 1.807) is 24.0 Å².